The maximum Gasteiger partial charge on any atom is 0.160 e. The standard InChI is InChI=1S/C11H18O5/c12-3-4-14-5-6-15-11(13)9-7-8-1-2-10(9)16-8/h1-2,8-13H,3-7H2. The van der Waals surface area contributed by atoms with Gasteiger partial charge in [-0.15, -0.1) is 0 Å². The van der Waals surface area contributed by atoms with Gasteiger partial charge in [-0.2, -0.15) is 0 Å². The van der Waals surface area contributed by atoms with E-state index >= 15 is 0 Å². The average Bonchev–Trinajstić information content (AvgIpc) is 2.90. The van der Waals surface area contributed by atoms with Gasteiger partial charge in [-0.05, 0) is 6.42 Å². The zero-order chi connectivity index (χ0) is 11.4. The summed E-state index contributed by atoms with van der Waals surface area (Å²) >= 11 is 0. The first-order chi connectivity index (χ1) is 7.81. The highest BCUT2D eigenvalue weighted by Crippen LogP contribution is 2.35. The lowest BCUT2D eigenvalue weighted by Gasteiger charge is -2.22. The quantitative estimate of drug-likeness (QED) is 0.356. The number of hydrogen-bond acceptors (Lipinski definition) is 5. The van der Waals surface area contributed by atoms with Gasteiger partial charge in [0.2, 0.25) is 0 Å². The number of rotatable bonds is 7. The van der Waals surface area contributed by atoms with Crippen LogP contribution in [-0.2, 0) is 14.2 Å². The van der Waals surface area contributed by atoms with Crippen LogP contribution in [0.4, 0.5) is 0 Å². The molecule has 0 aliphatic carbocycles. The highest BCUT2D eigenvalue weighted by atomic mass is 16.6. The summed E-state index contributed by atoms with van der Waals surface area (Å²) in [5.74, 6) is 0.0350. The highest BCUT2D eigenvalue weighted by molar-refractivity contribution is 5.11. The van der Waals surface area contributed by atoms with Crippen molar-refractivity contribution in [3.05, 3.63) is 12.2 Å². The van der Waals surface area contributed by atoms with E-state index < -0.39 is 6.29 Å². The van der Waals surface area contributed by atoms with Gasteiger partial charge in [0.1, 0.15) is 0 Å². The third-order valence-corrected chi connectivity index (χ3v) is 2.89. The van der Waals surface area contributed by atoms with Crippen molar-refractivity contribution in [2.45, 2.75) is 24.9 Å². The molecular formula is C11H18O5. The molecule has 4 atom stereocenters. The first-order valence-corrected chi connectivity index (χ1v) is 5.63. The largest absolute Gasteiger partial charge is 0.394 e. The highest BCUT2D eigenvalue weighted by Gasteiger charge is 2.41. The molecule has 92 valence electrons. The lowest BCUT2D eigenvalue weighted by Crippen LogP contribution is -2.31. The zero-order valence-corrected chi connectivity index (χ0v) is 9.12. The molecule has 5 nitrogen and oxygen atoms in total. The van der Waals surface area contributed by atoms with Gasteiger partial charge < -0.3 is 24.4 Å². The molecule has 2 N–H and O–H groups in total. The molecule has 0 aromatic rings. The van der Waals surface area contributed by atoms with Crippen molar-refractivity contribution in [2.75, 3.05) is 26.4 Å². The Labute approximate surface area is 94.6 Å². The monoisotopic (exact) mass is 230 g/mol. The fourth-order valence-electron chi connectivity index (χ4n) is 2.10. The third-order valence-electron chi connectivity index (χ3n) is 2.89. The Kier molecular flexibility index (Phi) is 4.31. The van der Waals surface area contributed by atoms with Crippen LogP contribution >= 0.6 is 0 Å². The molecular weight excluding hydrogens is 212 g/mol. The molecule has 0 aromatic heterocycles. The topological polar surface area (TPSA) is 68.2 Å². The van der Waals surface area contributed by atoms with Crippen molar-refractivity contribution in [3.8, 4) is 0 Å². The molecule has 2 bridgehead atoms. The van der Waals surface area contributed by atoms with Gasteiger partial charge in [-0.1, -0.05) is 12.2 Å². The van der Waals surface area contributed by atoms with Crippen LogP contribution < -0.4 is 0 Å². The summed E-state index contributed by atoms with van der Waals surface area (Å²) in [7, 11) is 0. The van der Waals surface area contributed by atoms with E-state index in [2.05, 4.69) is 0 Å². The smallest absolute Gasteiger partial charge is 0.160 e. The molecule has 1 saturated heterocycles. The second kappa shape index (κ2) is 5.75. The van der Waals surface area contributed by atoms with Gasteiger partial charge in [0, 0.05) is 5.92 Å². The minimum absolute atomic E-state index is 0.00152. The second-order valence-corrected chi connectivity index (χ2v) is 4.02. The van der Waals surface area contributed by atoms with E-state index in [-0.39, 0.29) is 24.7 Å². The first kappa shape index (κ1) is 12.0. The van der Waals surface area contributed by atoms with E-state index in [4.69, 9.17) is 19.3 Å². The maximum absolute atomic E-state index is 9.79. The Morgan fingerprint density at radius 2 is 2.19 bits per heavy atom. The van der Waals surface area contributed by atoms with Crippen molar-refractivity contribution in [3.63, 3.8) is 0 Å². The SMILES string of the molecule is OCCOCCOC(O)C1CC2C=CC1O2. The minimum atomic E-state index is -0.794. The van der Waals surface area contributed by atoms with E-state index in [1.54, 1.807) is 0 Å². The fraction of sp³-hybridized carbons (Fsp3) is 0.818. The van der Waals surface area contributed by atoms with Crippen LogP contribution in [0.25, 0.3) is 0 Å². The van der Waals surface area contributed by atoms with Crippen LogP contribution in [0.5, 0.6) is 0 Å². The average molecular weight is 230 g/mol. The zero-order valence-electron chi connectivity index (χ0n) is 9.12. The van der Waals surface area contributed by atoms with Gasteiger partial charge in [-0.3, -0.25) is 0 Å². The van der Waals surface area contributed by atoms with E-state index in [1.165, 1.54) is 0 Å². The van der Waals surface area contributed by atoms with E-state index in [0.717, 1.165) is 6.42 Å². The van der Waals surface area contributed by atoms with E-state index in [1.807, 2.05) is 12.2 Å². The van der Waals surface area contributed by atoms with Crippen LogP contribution in [0.15, 0.2) is 12.2 Å². The molecule has 2 aliphatic rings. The Morgan fingerprint density at radius 3 is 2.81 bits per heavy atom. The number of fused-ring (bicyclic) bond motifs is 2. The fourth-order valence-corrected chi connectivity index (χ4v) is 2.10. The third kappa shape index (κ3) is 2.81. The maximum atomic E-state index is 9.79. The Hall–Kier alpha value is -0.460. The van der Waals surface area contributed by atoms with Crippen molar-refractivity contribution in [1.82, 2.24) is 0 Å². The molecule has 16 heavy (non-hydrogen) atoms. The van der Waals surface area contributed by atoms with Crippen LogP contribution in [0.1, 0.15) is 6.42 Å². The van der Waals surface area contributed by atoms with Gasteiger partial charge in [-0.25, -0.2) is 0 Å². The molecule has 1 fully saturated rings. The molecule has 0 spiro atoms. The lowest BCUT2D eigenvalue weighted by atomic mass is 9.94. The molecule has 4 unspecified atom stereocenters. The summed E-state index contributed by atoms with van der Waals surface area (Å²) < 4.78 is 15.8. The van der Waals surface area contributed by atoms with Gasteiger partial charge in [0.15, 0.2) is 6.29 Å². The molecule has 0 radical (unpaired) electrons. The Balaban J connectivity index is 1.61. The summed E-state index contributed by atoms with van der Waals surface area (Å²) in [5.41, 5.74) is 0. The number of aliphatic hydroxyl groups is 2. The molecule has 2 rings (SSSR count). The van der Waals surface area contributed by atoms with Crippen LogP contribution in [0.2, 0.25) is 0 Å². The van der Waals surface area contributed by atoms with Crippen molar-refractivity contribution in [2.24, 2.45) is 5.92 Å². The van der Waals surface area contributed by atoms with E-state index in [0.29, 0.717) is 19.8 Å². The first-order valence-electron chi connectivity index (χ1n) is 5.63. The molecule has 0 saturated carbocycles. The van der Waals surface area contributed by atoms with Crippen LogP contribution in [-0.4, -0.2) is 55.1 Å². The number of ether oxygens (including phenoxy) is 3. The molecule has 2 heterocycles. The molecule has 2 aliphatic heterocycles. The summed E-state index contributed by atoms with van der Waals surface area (Å²) in [5, 5.41) is 18.3. The molecule has 0 amide bonds. The van der Waals surface area contributed by atoms with Crippen LogP contribution in [0, 0.1) is 5.92 Å². The summed E-state index contributed by atoms with van der Waals surface area (Å²) in [6.45, 7) is 1.03. The number of aliphatic hydroxyl groups excluding tert-OH is 2. The van der Waals surface area contributed by atoms with Gasteiger partial charge >= 0.3 is 0 Å². The minimum Gasteiger partial charge on any atom is -0.394 e. The summed E-state index contributed by atoms with van der Waals surface area (Å²) in [4.78, 5) is 0. The van der Waals surface area contributed by atoms with Crippen molar-refractivity contribution < 1.29 is 24.4 Å². The number of hydrogen-bond donors (Lipinski definition) is 2. The Bertz CT molecular complexity index is 243. The molecule has 5 heteroatoms. The molecule has 0 aromatic carbocycles. The van der Waals surface area contributed by atoms with Crippen LogP contribution in [0.3, 0.4) is 0 Å². The predicted molar refractivity (Wildman–Crippen MR) is 55.8 cm³/mol. The lowest BCUT2D eigenvalue weighted by molar-refractivity contribution is -0.149. The Morgan fingerprint density at radius 1 is 1.31 bits per heavy atom. The van der Waals surface area contributed by atoms with Crippen molar-refractivity contribution >= 4 is 0 Å². The van der Waals surface area contributed by atoms with Crippen molar-refractivity contribution in [1.29, 1.82) is 0 Å². The predicted octanol–water partition coefficient (Wildman–Crippen LogP) is -0.326. The normalized spacial score (nSPS) is 33.5. The second-order valence-electron chi connectivity index (χ2n) is 4.02. The van der Waals surface area contributed by atoms with Gasteiger partial charge in [0.25, 0.3) is 0 Å². The van der Waals surface area contributed by atoms with Gasteiger partial charge in [0.05, 0.1) is 38.6 Å². The summed E-state index contributed by atoms with van der Waals surface area (Å²) in [6.07, 6.45) is 4.18. The summed E-state index contributed by atoms with van der Waals surface area (Å²) in [6, 6.07) is 0. The van der Waals surface area contributed by atoms with E-state index in [9.17, 15) is 5.11 Å².